The zero-order valence-electron chi connectivity index (χ0n) is 29.4. The number of H-pyrrole nitrogens is 1. The predicted molar refractivity (Wildman–Crippen MR) is 207 cm³/mol. The summed E-state index contributed by atoms with van der Waals surface area (Å²) in [5, 5.41) is 3.60. The lowest BCUT2D eigenvalue weighted by atomic mass is 9.84. The Morgan fingerprint density at radius 3 is 2.00 bits per heavy atom. The molecule has 5 aromatic carbocycles. The molecule has 0 saturated heterocycles. The van der Waals surface area contributed by atoms with Gasteiger partial charge in [0.05, 0.1) is 27.9 Å². The van der Waals surface area contributed by atoms with Crippen molar-refractivity contribution >= 4 is 32.7 Å². The fourth-order valence-corrected chi connectivity index (χ4v) is 6.98. The number of hydrogen-bond donors (Lipinski definition) is 1. The standard InChI is InChI=1S/C45H42N4/c1-28-35-17-11-12-18-36(35)42(46-28)37-27-33(45(5,6)7)24-29-21-22-38(47-41(29)37)30-23-31(26-32(25-30)44(2,3)4)43-48-39-19-13-14-20-40(39)49(43)34-15-9-8-10-16-34/h8-27,46H,1-7H3. The van der Waals surface area contributed by atoms with E-state index < -0.39 is 0 Å². The van der Waals surface area contributed by atoms with E-state index in [0.717, 1.165) is 61.5 Å². The van der Waals surface area contributed by atoms with Crippen molar-refractivity contribution in [2.45, 2.75) is 59.3 Å². The van der Waals surface area contributed by atoms with Gasteiger partial charge in [0, 0.05) is 44.2 Å². The minimum atomic E-state index is -0.0847. The molecule has 0 aliphatic heterocycles. The predicted octanol–water partition coefficient (Wildman–Crippen LogP) is 12.0. The average molecular weight is 639 g/mol. The fraction of sp³-hybridized carbons (Fsp3) is 0.200. The van der Waals surface area contributed by atoms with Gasteiger partial charge in [-0.3, -0.25) is 4.57 Å². The number of fused-ring (bicyclic) bond motifs is 3. The SMILES string of the molecule is Cc1[nH]c(-c2cc(C(C)(C)C)cc3ccc(-c4cc(-c5nc6ccccc6n5-c5ccccc5)cc(C(C)(C)C)c4)nc23)c2ccccc12. The molecule has 3 heterocycles. The lowest BCUT2D eigenvalue weighted by Crippen LogP contribution is -2.12. The first-order chi connectivity index (χ1) is 23.5. The van der Waals surface area contributed by atoms with E-state index >= 15 is 0 Å². The van der Waals surface area contributed by atoms with E-state index in [1.165, 1.54) is 27.6 Å². The number of pyridine rings is 1. The van der Waals surface area contributed by atoms with Crippen molar-refractivity contribution in [2.24, 2.45) is 0 Å². The third kappa shape index (κ3) is 5.42. The Balaban J connectivity index is 1.38. The molecule has 0 radical (unpaired) electrons. The molecule has 0 unspecified atom stereocenters. The molecule has 0 saturated carbocycles. The first-order valence-corrected chi connectivity index (χ1v) is 17.2. The fourth-order valence-electron chi connectivity index (χ4n) is 6.98. The number of nitrogens with one attached hydrogen (secondary N) is 1. The minimum absolute atomic E-state index is 0.0147. The second kappa shape index (κ2) is 11.3. The molecule has 8 aromatic rings. The molecule has 0 spiro atoms. The second-order valence-corrected chi connectivity index (χ2v) is 15.4. The van der Waals surface area contributed by atoms with Crippen LogP contribution in [0.1, 0.15) is 58.4 Å². The maximum atomic E-state index is 5.50. The molecule has 0 bridgehead atoms. The smallest absolute Gasteiger partial charge is 0.145 e. The first kappa shape index (κ1) is 30.8. The molecule has 8 rings (SSSR count). The van der Waals surface area contributed by atoms with Crippen molar-refractivity contribution in [1.29, 1.82) is 0 Å². The summed E-state index contributed by atoms with van der Waals surface area (Å²) < 4.78 is 2.28. The van der Waals surface area contributed by atoms with Gasteiger partial charge in [-0.1, -0.05) is 102 Å². The summed E-state index contributed by atoms with van der Waals surface area (Å²) in [5.74, 6) is 0.921. The van der Waals surface area contributed by atoms with Gasteiger partial charge in [-0.25, -0.2) is 9.97 Å². The normalized spacial score (nSPS) is 12.4. The second-order valence-electron chi connectivity index (χ2n) is 15.4. The van der Waals surface area contributed by atoms with Crippen molar-refractivity contribution in [3.63, 3.8) is 0 Å². The highest BCUT2D eigenvalue weighted by Crippen LogP contribution is 2.40. The molecule has 49 heavy (non-hydrogen) atoms. The van der Waals surface area contributed by atoms with Gasteiger partial charge in [-0.05, 0) is 89.5 Å². The van der Waals surface area contributed by atoms with Gasteiger partial charge in [0.25, 0.3) is 0 Å². The van der Waals surface area contributed by atoms with Crippen LogP contribution >= 0.6 is 0 Å². The van der Waals surface area contributed by atoms with E-state index in [2.05, 4.69) is 179 Å². The highest BCUT2D eigenvalue weighted by molar-refractivity contribution is 6.05. The Morgan fingerprint density at radius 2 is 1.24 bits per heavy atom. The van der Waals surface area contributed by atoms with Crippen molar-refractivity contribution in [1.82, 2.24) is 19.5 Å². The molecule has 4 heteroatoms. The van der Waals surface area contributed by atoms with Crippen molar-refractivity contribution in [3.05, 3.63) is 138 Å². The summed E-state index contributed by atoms with van der Waals surface area (Å²) in [4.78, 5) is 14.5. The molecular formula is C45H42N4. The molecular weight excluding hydrogens is 597 g/mol. The molecule has 242 valence electrons. The maximum absolute atomic E-state index is 5.50. The van der Waals surface area contributed by atoms with Crippen molar-refractivity contribution < 1.29 is 0 Å². The van der Waals surface area contributed by atoms with Crippen LogP contribution in [0.2, 0.25) is 0 Å². The van der Waals surface area contributed by atoms with Crippen LogP contribution in [0, 0.1) is 6.92 Å². The molecule has 4 nitrogen and oxygen atoms in total. The molecule has 3 aromatic heterocycles. The van der Waals surface area contributed by atoms with E-state index in [9.17, 15) is 0 Å². The van der Waals surface area contributed by atoms with Crippen LogP contribution in [-0.2, 0) is 10.8 Å². The largest absolute Gasteiger partial charge is 0.358 e. The quantitative estimate of drug-likeness (QED) is 0.208. The number of hydrogen-bond acceptors (Lipinski definition) is 2. The molecule has 0 aliphatic rings. The lowest BCUT2D eigenvalue weighted by Gasteiger charge is -2.22. The number of nitrogens with zero attached hydrogens (tertiary/aromatic N) is 3. The van der Waals surface area contributed by atoms with Gasteiger partial charge in [0.2, 0.25) is 0 Å². The van der Waals surface area contributed by atoms with E-state index in [1.807, 2.05) is 0 Å². The summed E-state index contributed by atoms with van der Waals surface area (Å²) in [7, 11) is 0. The highest BCUT2D eigenvalue weighted by Gasteiger charge is 2.23. The molecule has 0 aliphatic carbocycles. The number of aromatic nitrogens is 4. The van der Waals surface area contributed by atoms with Crippen LogP contribution in [0.3, 0.4) is 0 Å². The average Bonchev–Trinajstić information content (AvgIpc) is 3.65. The van der Waals surface area contributed by atoms with Crippen LogP contribution in [0.4, 0.5) is 0 Å². The highest BCUT2D eigenvalue weighted by atomic mass is 15.1. The molecule has 1 N–H and O–H groups in total. The van der Waals surface area contributed by atoms with Crippen molar-refractivity contribution in [2.75, 3.05) is 0 Å². The number of imidazole rings is 1. The van der Waals surface area contributed by atoms with Gasteiger partial charge >= 0.3 is 0 Å². The minimum Gasteiger partial charge on any atom is -0.358 e. The Morgan fingerprint density at radius 1 is 0.592 bits per heavy atom. The van der Waals surface area contributed by atoms with Gasteiger partial charge in [0.1, 0.15) is 5.82 Å². The number of aryl methyl sites for hydroxylation is 1. The van der Waals surface area contributed by atoms with Crippen LogP contribution in [0.25, 0.3) is 72.3 Å². The van der Waals surface area contributed by atoms with Crippen LogP contribution < -0.4 is 0 Å². The van der Waals surface area contributed by atoms with E-state index in [-0.39, 0.29) is 10.8 Å². The summed E-state index contributed by atoms with van der Waals surface area (Å²) in [6, 6.07) is 43.5. The van der Waals surface area contributed by atoms with Crippen LogP contribution in [0.5, 0.6) is 0 Å². The topological polar surface area (TPSA) is 46.5 Å². The van der Waals surface area contributed by atoms with E-state index in [4.69, 9.17) is 9.97 Å². The third-order valence-corrected chi connectivity index (χ3v) is 9.77. The number of benzene rings is 5. The summed E-state index contributed by atoms with van der Waals surface area (Å²) in [5.41, 5.74) is 13.1. The Bertz CT molecular complexity index is 2520. The lowest BCUT2D eigenvalue weighted by molar-refractivity contribution is 0.590. The van der Waals surface area contributed by atoms with Crippen LogP contribution in [-0.4, -0.2) is 19.5 Å². The van der Waals surface area contributed by atoms with Crippen molar-refractivity contribution in [3.8, 4) is 39.6 Å². The number of para-hydroxylation sites is 3. The van der Waals surface area contributed by atoms with Gasteiger partial charge in [-0.15, -0.1) is 0 Å². The number of aromatic amines is 1. The first-order valence-electron chi connectivity index (χ1n) is 17.2. The zero-order valence-corrected chi connectivity index (χ0v) is 29.4. The number of rotatable bonds is 4. The molecule has 0 fully saturated rings. The summed E-state index contributed by atoms with van der Waals surface area (Å²) in [6.07, 6.45) is 0. The maximum Gasteiger partial charge on any atom is 0.145 e. The van der Waals surface area contributed by atoms with E-state index in [0.29, 0.717) is 0 Å². The Kier molecular flexibility index (Phi) is 7.11. The Hall–Kier alpha value is -5.48. The van der Waals surface area contributed by atoms with E-state index in [1.54, 1.807) is 0 Å². The third-order valence-electron chi connectivity index (χ3n) is 9.77. The zero-order chi connectivity index (χ0) is 34.1. The van der Waals surface area contributed by atoms with Crippen LogP contribution in [0.15, 0.2) is 121 Å². The summed E-state index contributed by atoms with van der Waals surface area (Å²) in [6.45, 7) is 15.8. The molecule has 0 amide bonds. The monoisotopic (exact) mass is 638 g/mol. The van der Waals surface area contributed by atoms with Gasteiger partial charge in [0.15, 0.2) is 0 Å². The van der Waals surface area contributed by atoms with Gasteiger partial charge < -0.3 is 4.98 Å². The molecule has 0 atom stereocenters. The summed E-state index contributed by atoms with van der Waals surface area (Å²) >= 11 is 0. The Labute approximate surface area is 288 Å². The van der Waals surface area contributed by atoms with Gasteiger partial charge in [-0.2, -0.15) is 0 Å².